The Bertz CT molecular complexity index is 1850. The predicted molar refractivity (Wildman–Crippen MR) is 216 cm³/mol. The number of benzene rings is 4. The van der Waals surface area contributed by atoms with Gasteiger partial charge in [-0.3, -0.25) is 0 Å². The molecule has 2 fully saturated rings. The highest BCUT2D eigenvalue weighted by Crippen LogP contribution is 2.50. The Morgan fingerprint density at radius 3 is 1.36 bits per heavy atom. The van der Waals surface area contributed by atoms with E-state index in [0.29, 0.717) is 0 Å². The second-order valence-corrected chi connectivity index (χ2v) is 15.0. The second kappa shape index (κ2) is 17.6. The van der Waals surface area contributed by atoms with E-state index in [1.807, 2.05) is 66.7 Å². The largest absolute Gasteiger partial charge is 0.497 e. The van der Waals surface area contributed by atoms with Crippen molar-refractivity contribution < 1.29 is 24.4 Å². The average molecular weight is 719 g/mol. The third kappa shape index (κ3) is 9.22. The molecule has 0 saturated heterocycles. The van der Waals surface area contributed by atoms with Gasteiger partial charge in [0.05, 0.1) is 21.3 Å². The monoisotopic (exact) mass is 718 g/mol. The normalized spacial score (nSPS) is 24.1. The molecule has 53 heavy (non-hydrogen) atoms. The van der Waals surface area contributed by atoms with Gasteiger partial charge in [-0.1, -0.05) is 78.4 Å². The number of rotatable bonds is 11. The van der Waals surface area contributed by atoms with Crippen LogP contribution in [0.3, 0.4) is 0 Å². The Morgan fingerprint density at radius 2 is 0.981 bits per heavy atom. The predicted octanol–water partition coefficient (Wildman–Crippen LogP) is 8.19. The van der Waals surface area contributed by atoms with Crippen molar-refractivity contribution in [3.05, 3.63) is 136 Å². The molecule has 4 aromatic carbocycles. The van der Waals surface area contributed by atoms with Crippen LogP contribution < -0.4 is 14.2 Å². The van der Waals surface area contributed by atoms with Crippen LogP contribution in [0, 0.1) is 18.8 Å². The Kier molecular flexibility index (Phi) is 13.2. The van der Waals surface area contributed by atoms with E-state index in [1.54, 1.807) is 21.3 Å². The fourth-order valence-electron chi connectivity index (χ4n) is 8.04. The molecule has 0 bridgehead atoms. The fraction of sp³-hybridized carbons (Fsp3) is 0.391. The molecule has 7 nitrogen and oxygen atoms in total. The van der Waals surface area contributed by atoms with E-state index in [-0.39, 0.29) is 11.8 Å². The van der Waals surface area contributed by atoms with Crippen molar-refractivity contribution in [2.45, 2.75) is 43.8 Å². The number of ether oxygens (including phenoxy) is 3. The van der Waals surface area contributed by atoms with E-state index in [1.165, 1.54) is 5.56 Å². The Labute approximate surface area is 317 Å². The summed E-state index contributed by atoms with van der Waals surface area (Å²) in [5.41, 5.74) is 5.44. The molecule has 0 heterocycles. The average Bonchev–Trinajstić information content (AvgIpc) is 3.63. The third-order valence-corrected chi connectivity index (χ3v) is 10.7. The van der Waals surface area contributed by atoms with Gasteiger partial charge in [-0.25, -0.2) is 0 Å². The highest BCUT2D eigenvalue weighted by molar-refractivity contribution is 5.61. The van der Waals surface area contributed by atoms with Crippen LogP contribution in [-0.4, -0.2) is 82.6 Å². The van der Waals surface area contributed by atoms with Crippen LogP contribution in [0.25, 0.3) is 12.2 Å². The van der Waals surface area contributed by atoms with E-state index >= 15 is 0 Å². The molecule has 282 valence electrons. The lowest BCUT2D eigenvalue weighted by Crippen LogP contribution is -2.37. The van der Waals surface area contributed by atoms with Gasteiger partial charge >= 0.3 is 0 Å². The zero-order chi connectivity index (χ0) is 38.2. The first-order valence-corrected chi connectivity index (χ1v) is 18.6. The molecule has 0 aromatic heterocycles. The number of aliphatic hydroxyl groups is 2. The van der Waals surface area contributed by atoms with Gasteiger partial charge < -0.3 is 34.2 Å². The molecule has 0 radical (unpaired) electrons. The number of methoxy groups -OCH3 is 3. The quantitative estimate of drug-likeness (QED) is 0.162. The minimum atomic E-state index is -0.986. The minimum absolute atomic E-state index is 0.137. The number of nitrogens with zero attached hydrogens (tertiary/aromatic N) is 2. The highest BCUT2D eigenvalue weighted by Gasteiger charge is 2.47. The summed E-state index contributed by atoms with van der Waals surface area (Å²) in [6, 6.07) is 32.1. The summed E-state index contributed by atoms with van der Waals surface area (Å²) in [5.74, 6) is 2.76. The first-order chi connectivity index (χ1) is 25.4. The molecular formula is C46H58N2O5. The molecule has 2 N–H and O–H groups in total. The summed E-state index contributed by atoms with van der Waals surface area (Å²) < 4.78 is 16.0. The van der Waals surface area contributed by atoms with E-state index in [0.717, 1.165) is 89.4 Å². The summed E-state index contributed by atoms with van der Waals surface area (Å²) in [7, 11) is 13.2. The van der Waals surface area contributed by atoms with E-state index in [2.05, 4.69) is 87.4 Å². The van der Waals surface area contributed by atoms with Gasteiger partial charge in [0, 0.05) is 24.9 Å². The Morgan fingerprint density at radius 1 is 0.585 bits per heavy atom. The smallest absolute Gasteiger partial charge is 0.119 e. The van der Waals surface area contributed by atoms with Crippen molar-refractivity contribution in [3.8, 4) is 17.2 Å². The van der Waals surface area contributed by atoms with Crippen molar-refractivity contribution in [1.82, 2.24) is 9.80 Å². The van der Waals surface area contributed by atoms with Gasteiger partial charge in [0.1, 0.15) is 28.5 Å². The van der Waals surface area contributed by atoms with Crippen LogP contribution in [0.2, 0.25) is 0 Å². The van der Waals surface area contributed by atoms with E-state index < -0.39 is 11.2 Å². The molecule has 0 aliphatic heterocycles. The first kappa shape index (κ1) is 39.8. The van der Waals surface area contributed by atoms with Crippen molar-refractivity contribution >= 4 is 12.2 Å². The molecular weight excluding hydrogens is 661 g/mol. The molecule has 2 saturated carbocycles. The summed E-state index contributed by atoms with van der Waals surface area (Å²) in [4.78, 5) is 4.31. The van der Waals surface area contributed by atoms with Crippen LogP contribution in [0.1, 0.15) is 53.5 Å². The zero-order valence-electron chi connectivity index (χ0n) is 32.8. The topological polar surface area (TPSA) is 74.6 Å². The second-order valence-electron chi connectivity index (χ2n) is 15.0. The van der Waals surface area contributed by atoms with Crippen LogP contribution in [0.15, 0.2) is 108 Å². The zero-order valence-corrected chi connectivity index (χ0v) is 32.8. The maximum absolute atomic E-state index is 11.9. The lowest BCUT2D eigenvalue weighted by molar-refractivity contribution is 0.0214. The molecule has 7 heteroatoms. The summed E-state index contributed by atoms with van der Waals surface area (Å²) in [6.45, 7) is 3.77. The third-order valence-electron chi connectivity index (χ3n) is 10.7. The number of hydrogen-bond donors (Lipinski definition) is 2. The van der Waals surface area contributed by atoms with Crippen molar-refractivity contribution in [2.24, 2.45) is 11.8 Å². The molecule has 2 aliphatic rings. The summed E-state index contributed by atoms with van der Waals surface area (Å²) >= 11 is 0. The number of hydrogen-bond acceptors (Lipinski definition) is 7. The molecule has 4 atom stereocenters. The van der Waals surface area contributed by atoms with Crippen LogP contribution in [-0.2, 0) is 11.2 Å². The van der Waals surface area contributed by atoms with Crippen LogP contribution in [0.5, 0.6) is 17.2 Å². The van der Waals surface area contributed by atoms with E-state index in [9.17, 15) is 10.2 Å². The lowest BCUT2D eigenvalue weighted by atomic mass is 9.80. The molecule has 4 aromatic rings. The molecule has 2 aliphatic carbocycles. The number of aryl methyl sites for hydroxylation is 1. The maximum Gasteiger partial charge on any atom is 0.119 e. The maximum atomic E-state index is 11.9. The fourth-order valence-corrected chi connectivity index (χ4v) is 8.04. The van der Waals surface area contributed by atoms with E-state index in [4.69, 9.17) is 14.2 Å². The Hall–Kier alpha value is -4.40. The SMILES string of the molecule is COc1ccc(C2(O)C(=Cc3cccc(OC)c3)CCC2CN(C)C)cc1.COc1cccc(C=C2CCC(CN(C)C)C2(O)c2ccc(C)cc2)c1. The Balaban J connectivity index is 0.000000204. The van der Waals surface area contributed by atoms with Gasteiger partial charge in [-0.15, -0.1) is 0 Å². The van der Waals surface area contributed by atoms with Gasteiger partial charge in [-0.2, -0.15) is 0 Å². The standard InChI is InChI=1S/C23H29NO3.C23H29NO2/c1-24(2)16-20-9-8-19(14-17-6-5-7-22(15-17)27-4)23(20,25)18-10-12-21(26-3)13-11-18;1-17-8-10-19(11-9-17)23(25)20(12-13-21(23)16-24(2)3)14-18-6-5-7-22(15-18)26-4/h5-7,10-15,20,25H,8-9,16H2,1-4H3;5-11,14-15,21,25H,12-13,16H2,1-4H3. The molecule has 6 rings (SSSR count). The van der Waals surface area contributed by atoms with Crippen molar-refractivity contribution in [3.63, 3.8) is 0 Å². The summed E-state index contributed by atoms with van der Waals surface area (Å²) in [6.07, 6.45) is 7.97. The first-order valence-electron chi connectivity index (χ1n) is 18.6. The van der Waals surface area contributed by atoms with Crippen LogP contribution >= 0.6 is 0 Å². The van der Waals surface area contributed by atoms with Gasteiger partial charge in [-0.05, 0) is 131 Å². The van der Waals surface area contributed by atoms with Gasteiger partial charge in [0.15, 0.2) is 0 Å². The molecule has 0 spiro atoms. The summed E-state index contributed by atoms with van der Waals surface area (Å²) in [5, 5.41) is 23.8. The molecule has 0 amide bonds. The van der Waals surface area contributed by atoms with Crippen molar-refractivity contribution in [1.29, 1.82) is 0 Å². The highest BCUT2D eigenvalue weighted by atomic mass is 16.5. The molecule has 4 unspecified atom stereocenters. The minimum Gasteiger partial charge on any atom is -0.497 e. The van der Waals surface area contributed by atoms with Crippen LogP contribution in [0.4, 0.5) is 0 Å². The van der Waals surface area contributed by atoms with Gasteiger partial charge in [0.2, 0.25) is 0 Å². The lowest BCUT2D eigenvalue weighted by Gasteiger charge is -2.34. The van der Waals surface area contributed by atoms with Crippen molar-refractivity contribution in [2.75, 3.05) is 62.6 Å². The van der Waals surface area contributed by atoms with Gasteiger partial charge in [0.25, 0.3) is 0 Å².